The molecule has 24 heavy (non-hydrogen) atoms. The van der Waals surface area contributed by atoms with E-state index in [1.54, 1.807) is 6.92 Å². The molecule has 7 nitrogen and oxygen atoms in total. The van der Waals surface area contributed by atoms with Gasteiger partial charge in [-0.25, -0.2) is 9.18 Å². The van der Waals surface area contributed by atoms with Crippen molar-refractivity contribution in [3.63, 3.8) is 0 Å². The van der Waals surface area contributed by atoms with Gasteiger partial charge >= 0.3 is 11.0 Å². The number of carbonyl (C=O) groups is 2. The van der Waals surface area contributed by atoms with Crippen LogP contribution >= 0.6 is 11.3 Å². The molecule has 0 aliphatic carbocycles. The third kappa shape index (κ3) is 4.13. The van der Waals surface area contributed by atoms with Crippen LogP contribution in [0.5, 0.6) is 0 Å². The fraction of sp³-hybridized carbons (Fsp3) is 0.200. The third-order valence-electron chi connectivity index (χ3n) is 3.07. The summed E-state index contributed by atoms with van der Waals surface area (Å²) in [7, 11) is 0. The second kappa shape index (κ2) is 7.18. The van der Waals surface area contributed by atoms with E-state index in [0.717, 1.165) is 6.07 Å². The lowest BCUT2D eigenvalue weighted by molar-refractivity contribution is -0.380. The van der Waals surface area contributed by atoms with E-state index in [2.05, 4.69) is 5.32 Å². The first-order chi connectivity index (χ1) is 11.3. The fourth-order valence-electron chi connectivity index (χ4n) is 1.72. The molecule has 1 atom stereocenters. The highest BCUT2D eigenvalue weighted by atomic mass is 32.1. The number of aryl methyl sites for hydroxylation is 1. The zero-order valence-electron chi connectivity index (χ0n) is 12.7. The average molecular weight is 352 g/mol. The molecular weight excluding hydrogens is 339 g/mol. The minimum atomic E-state index is -1.15. The highest BCUT2D eigenvalue weighted by molar-refractivity contribution is 7.17. The van der Waals surface area contributed by atoms with E-state index in [1.807, 2.05) is 0 Å². The smallest absolute Gasteiger partial charge is 0.349 e. The van der Waals surface area contributed by atoms with Crippen LogP contribution in [0.4, 0.5) is 15.1 Å². The van der Waals surface area contributed by atoms with Gasteiger partial charge in [0.25, 0.3) is 5.91 Å². The van der Waals surface area contributed by atoms with Crippen LogP contribution in [0.2, 0.25) is 0 Å². The maximum atomic E-state index is 13.4. The average Bonchev–Trinajstić information content (AvgIpc) is 3.01. The van der Waals surface area contributed by atoms with Crippen LogP contribution in [-0.4, -0.2) is 22.9 Å². The lowest BCUT2D eigenvalue weighted by Crippen LogP contribution is -2.29. The Bertz CT molecular complexity index is 805. The number of thiophene rings is 1. The summed E-state index contributed by atoms with van der Waals surface area (Å²) in [5.41, 5.74) is 0.671. The van der Waals surface area contributed by atoms with E-state index in [4.69, 9.17) is 4.74 Å². The molecule has 0 bridgehead atoms. The van der Waals surface area contributed by atoms with Crippen LogP contribution in [-0.2, 0) is 9.53 Å². The minimum Gasteiger partial charge on any atom is -0.448 e. The first kappa shape index (κ1) is 17.5. The summed E-state index contributed by atoms with van der Waals surface area (Å²) >= 11 is 0.655. The van der Waals surface area contributed by atoms with Crippen molar-refractivity contribution in [1.82, 2.24) is 0 Å². The molecule has 1 aromatic heterocycles. The molecule has 0 saturated heterocycles. The Labute approximate surface area is 140 Å². The van der Waals surface area contributed by atoms with Gasteiger partial charge < -0.3 is 10.1 Å². The number of esters is 1. The lowest BCUT2D eigenvalue weighted by Gasteiger charge is -2.13. The highest BCUT2D eigenvalue weighted by Crippen LogP contribution is 2.25. The molecule has 9 heteroatoms. The molecule has 1 amide bonds. The van der Waals surface area contributed by atoms with E-state index in [9.17, 15) is 24.1 Å². The first-order valence-corrected chi connectivity index (χ1v) is 7.62. The van der Waals surface area contributed by atoms with Crippen molar-refractivity contribution in [2.75, 3.05) is 5.32 Å². The Hall–Kier alpha value is -2.81. The number of hydrogen-bond acceptors (Lipinski definition) is 6. The molecule has 126 valence electrons. The molecule has 0 saturated carbocycles. The zero-order valence-corrected chi connectivity index (χ0v) is 13.6. The summed E-state index contributed by atoms with van der Waals surface area (Å²) in [6.45, 7) is 2.94. The van der Waals surface area contributed by atoms with Gasteiger partial charge in [0.15, 0.2) is 6.10 Å². The van der Waals surface area contributed by atoms with Crippen LogP contribution < -0.4 is 5.32 Å². The molecule has 1 aromatic carbocycles. The number of nitro groups is 1. The molecule has 0 aliphatic heterocycles. The van der Waals surface area contributed by atoms with Crippen molar-refractivity contribution in [3.05, 3.63) is 56.7 Å². The molecule has 1 unspecified atom stereocenters. The van der Waals surface area contributed by atoms with Crippen molar-refractivity contribution in [1.29, 1.82) is 0 Å². The van der Waals surface area contributed by atoms with Crippen molar-refractivity contribution in [2.24, 2.45) is 0 Å². The Balaban J connectivity index is 1.98. The number of hydrogen-bond donors (Lipinski definition) is 1. The Morgan fingerprint density at radius 3 is 2.62 bits per heavy atom. The Kier molecular flexibility index (Phi) is 5.24. The van der Waals surface area contributed by atoms with Gasteiger partial charge in [-0.1, -0.05) is 17.4 Å². The van der Waals surface area contributed by atoms with Gasteiger partial charge in [0.1, 0.15) is 10.7 Å². The van der Waals surface area contributed by atoms with Gasteiger partial charge in [-0.15, -0.1) is 0 Å². The number of carbonyl (C=O) groups excluding carboxylic acids is 2. The van der Waals surface area contributed by atoms with Gasteiger partial charge in [0.05, 0.1) is 4.92 Å². The number of anilines is 1. The predicted molar refractivity (Wildman–Crippen MR) is 85.6 cm³/mol. The zero-order chi connectivity index (χ0) is 17.9. The van der Waals surface area contributed by atoms with E-state index in [1.165, 1.54) is 31.2 Å². The van der Waals surface area contributed by atoms with Crippen molar-refractivity contribution < 1.29 is 23.6 Å². The highest BCUT2D eigenvalue weighted by Gasteiger charge is 2.22. The fourth-order valence-corrected chi connectivity index (χ4v) is 2.43. The third-order valence-corrected chi connectivity index (χ3v) is 4.08. The standard InChI is InChI=1S/C15H13FN2O5S/c1-8-3-4-10(7-11(8)16)17-14(19)9(2)23-15(20)12-5-6-13(24-12)18(21)22/h3-7,9H,1-2H3,(H,17,19). The van der Waals surface area contributed by atoms with Gasteiger partial charge in [0, 0.05) is 11.8 Å². The van der Waals surface area contributed by atoms with Gasteiger partial charge in [-0.05, 0) is 37.6 Å². The van der Waals surface area contributed by atoms with E-state index in [0.29, 0.717) is 16.9 Å². The summed E-state index contributed by atoms with van der Waals surface area (Å²) in [6, 6.07) is 6.62. The largest absolute Gasteiger partial charge is 0.448 e. The number of rotatable bonds is 5. The summed E-state index contributed by atoms with van der Waals surface area (Å²) in [4.78, 5) is 33.8. The molecule has 0 fully saturated rings. The number of nitrogens with zero attached hydrogens (tertiary/aromatic N) is 1. The summed E-state index contributed by atoms with van der Waals surface area (Å²) < 4.78 is 18.4. The SMILES string of the molecule is Cc1ccc(NC(=O)C(C)OC(=O)c2ccc([N+](=O)[O-])s2)cc1F. The van der Waals surface area contributed by atoms with Gasteiger partial charge in [-0.2, -0.15) is 0 Å². The summed E-state index contributed by atoms with van der Waals surface area (Å²) in [6.07, 6.45) is -1.15. The molecular formula is C15H13FN2O5S. The molecule has 1 N–H and O–H groups in total. The number of amides is 1. The molecule has 2 rings (SSSR count). The second-order valence-corrected chi connectivity index (χ2v) is 5.96. The lowest BCUT2D eigenvalue weighted by atomic mass is 10.2. The van der Waals surface area contributed by atoms with E-state index in [-0.39, 0.29) is 15.6 Å². The van der Waals surface area contributed by atoms with Crippen LogP contribution in [0.3, 0.4) is 0 Å². The quantitative estimate of drug-likeness (QED) is 0.506. The number of ether oxygens (including phenoxy) is 1. The molecule has 0 spiro atoms. The topological polar surface area (TPSA) is 98.5 Å². The number of halogens is 1. The first-order valence-electron chi connectivity index (χ1n) is 6.80. The van der Waals surface area contributed by atoms with Crippen molar-refractivity contribution in [2.45, 2.75) is 20.0 Å². The second-order valence-electron chi connectivity index (χ2n) is 4.90. The molecule has 0 radical (unpaired) electrons. The Morgan fingerprint density at radius 2 is 2.04 bits per heavy atom. The monoisotopic (exact) mass is 352 g/mol. The predicted octanol–water partition coefficient (Wildman–Crippen LogP) is 3.29. The Morgan fingerprint density at radius 1 is 1.33 bits per heavy atom. The molecule has 0 aliphatic rings. The van der Waals surface area contributed by atoms with Gasteiger partial charge in [-0.3, -0.25) is 14.9 Å². The van der Waals surface area contributed by atoms with Crippen LogP contribution in [0.1, 0.15) is 22.2 Å². The summed E-state index contributed by atoms with van der Waals surface area (Å²) in [5.74, 6) is -1.95. The number of nitrogens with one attached hydrogen (secondary N) is 1. The normalized spacial score (nSPS) is 11.6. The van der Waals surface area contributed by atoms with Crippen molar-refractivity contribution >= 4 is 33.9 Å². The van der Waals surface area contributed by atoms with E-state index >= 15 is 0 Å². The van der Waals surface area contributed by atoms with E-state index < -0.39 is 28.7 Å². The number of benzene rings is 1. The van der Waals surface area contributed by atoms with Crippen LogP contribution in [0.25, 0.3) is 0 Å². The molecule has 1 heterocycles. The minimum absolute atomic E-state index is 0.0164. The van der Waals surface area contributed by atoms with Crippen LogP contribution in [0, 0.1) is 22.9 Å². The summed E-state index contributed by atoms with van der Waals surface area (Å²) in [5, 5.41) is 12.8. The van der Waals surface area contributed by atoms with Gasteiger partial charge in [0.2, 0.25) is 0 Å². The molecule has 2 aromatic rings. The van der Waals surface area contributed by atoms with Crippen molar-refractivity contribution in [3.8, 4) is 0 Å². The maximum Gasteiger partial charge on any atom is 0.349 e. The van der Waals surface area contributed by atoms with Crippen LogP contribution in [0.15, 0.2) is 30.3 Å². The maximum absolute atomic E-state index is 13.4.